The molecule has 0 amide bonds. The van der Waals surface area contributed by atoms with Gasteiger partial charge in [-0.15, -0.1) is 0 Å². The summed E-state index contributed by atoms with van der Waals surface area (Å²) in [6, 6.07) is 10.4. The van der Waals surface area contributed by atoms with Crippen molar-refractivity contribution in [3.8, 4) is 0 Å². The van der Waals surface area contributed by atoms with Gasteiger partial charge in [-0.25, -0.2) is 0 Å². The van der Waals surface area contributed by atoms with Crippen molar-refractivity contribution in [3.05, 3.63) is 35.9 Å². The number of hydrogen-bond donors (Lipinski definition) is 2. The molecule has 0 bridgehead atoms. The van der Waals surface area contributed by atoms with Gasteiger partial charge in [0.25, 0.3) is 0 Å². The quantitative estimate of drug-likeness (QED) is 0.875. The van der Waals surface area contributed by atoms with Gasteiger partial charge >= 0.3 is 5.97 Å². The van der Waals surface area contributed by atoms with Crippen LogP contribution >= 0.6 is 11.8 Å². The zero-order valence-corrected chi connectivity index (χ0v) is 12.0. The number of carboxylic acids is 1. The van der Waals surface area contributed by atoms with Crippen molar-refractivity contribution in [1.29, 1.82) is 0 Å². The van der Waals surface area contributed by atoms with Crippen LogP contribution in [-0.4, -0.2) is 27.5 Å². The number of carbonyl (C=O) groups is 1. The predicted octanol–water partition coefficient (Wildman–Crippen LogP) is 2.53. The molecule has 1 aromatic rings. The molecule has 0 radical (unpaired) electrons. The van der Waals surface area contributed by atoms with Crippen LogP contribution in [0.25, 0.3) is 0 Å². The lowest BCUT2D eigenvalue weighted by atomic mass is 9.84. The van der Waals surface area contributed by atoms with E-state index in [0.29, 0.717) is 11.2 Å². The molecule has 5 atom stereocenters. The Kier molecular flexibility index (Phi) is 2.55. The lowest BCUT2D eigenvalue weighted by molar-refractivity contribution is -0.140. The smallest absolute Gasteiger partial charge is 0.304 e. The molecule has 106 valence electrons. The molecule has 3 saturated carbocycles. The molecule has 1 aromatic carbocycles. The van der Waals surface area contributed by atoms with E-state index in [1.54, 1.807) is 0 Å². The summed E-state index contributed by atoms with van der Waals surface area (Å²) < 4.78 is 0. The fourth-order valence-corrected chi connectivity index (χ4v) is 6.80. The Labute approximate surface area is 122 Å². The van der Waals surface area contributed by atoms with Crippen molar-refractivity contribution < 1.29 is 15.0 Å². The Morgan fingerprint density at radius 1 is 1.35 bits per heavy atom. The molecular weight excluding hydrogens is 272 g/mol. The second-order valence-corrected chi connectivity index (χ2v) is 7.53. The Hall–Kier alpha value is -1.00. The number of hydrogen-bond acceptors (Lipinski definition) is 3. The fraction of sp³-hybridized carbons (Fsp3) is 0.562. The minimum absolute atomic E-state index is 0.154. The van der Waals surface area contributed by atoms with Gasteiger partial charge in [-0.1, -0.05) is 30.3 Å². The van der Waals surface area contributed by atoms with Gasteiger partial charge < -0.3 is 10.2 Å². The second-order valence-electron chi connectivity index (χ2n) is 6.40. The highest BCUT2D eigenvalue weighted by molar-refractivity contribution is 7.99. The van der Waals surface area contributed by atoms with Crippen LogP contribution in [0.4, 0.5) is 0 Å². The molecule has 20 heavy (non-hydrogen) atoms. The highest BCUT2D eigenvalue weighted by atomic mass is 32.2. The number of benzene rings is 1. The highest BCUT2D eigenvalue weighted by Gasteiger charge is 2.98. The van der Waals surface area contributed by atoms with E-state index in [-0.39, 0.29) is 17.3 Å². The first kappa shape index (κ1) is 12.7. The molecule has 3 aliphatic rings. The third-order valence-corrected chi connectivity index (χ3v) is 7.29. The fourth-order valence-electron chi connectivity index (χ4n) is 4.86. The third-order valence-electron chi connectivity index (χ3n) is 5.74. The largest absolute Gasteiger partial charge is 0.481 e. The van der Waals surface area contributed by atoms with Gasteiger partial charge in [-0.05, 0) is 29.7 Å². The Bertz CT molecular complexity index is 560. The summed E-state index contributed by atoms with van der Waals surface area (Å²) >= 11 is 1.94. The lowest BCUT2D eigenvalue weighted by Gasteiger charge is -2.28. The van der Waals surface area contributed by atoms with Gasteiger partial charge in [0, 0.05) is 16.4 Å². The van der Waals surface area contributed by atoms with Gasteiger partial charge in [-0.2, -0.15) is 11.8 Å². The van der Waals surface area contributed by atoms with Crippen LogP contribution in [0.3, 0.4) is 0 Å². The van der Waals surface area contributed by atoms with Crippen LogP contribution in [0.2, 0.25) is 0 Å². The minimum Gasteiger partial charge on any atom is -0.481 e. The molecule has 2 unspecified atom stereocenters. The van der Waals surface area contributed by atoms with E-state index < -0.39 is 12.1 Å². The van der Waals surface area contributed by atoms with E-state index in [2.05, 4.69) is 24.3 Å². The summed E-state index contributed by atoms with van der Waals surface area (Å²) in [5, 5.41) is 19.8. The second kappa shape index (κ2) is 4.01. The van der Waals surface area contributed by atoms with E-state index in [0.717, 1.165) is 18.6 Å². The first-order valence-electron chi connectivity index (χ1n) is 7.18. The molecule has 0 heterocycles. The van der Waals surface area contributed by atoms with Crippen molar-refractivity contribution in [2.24, 2.45) is 16.7 Å². The average molecular weight is 290 g/mol. The maximum Gasteiger partial charge on any atom is 0.304 e. The van der Waals surface area contributed by atoms with E-state index in [1.807, 2.05) is 17.8 Å². The van der Waals surface area contributed by atoms with Crippen LogP contribution in [0.15, 0.2) is 30.3 Å². The SMILES string of the molecule is O=C(O)C[C@@]12C3C(SCc4ccccc4)[C@]31CC[C@H]2O. The number of fused-ring (bicyclic) bond motifs is 1. The molecule has 0 aromatic heterocycles. The zero-order valence-electron chi connectivity index (χ0n) is 11.2. The normalized spacial score (nSPS) is 43.8. The minimum atomic E-state index is -0.760. The Morgan fingerprint density at radius 2 is 2.10 bits per heavy atom. The average Bonchev–Trinajstić information content (AvgIpc) is 3.24. The van der Waals surface area contributed by atoms with Crippen LogP contribution < -0.4 is 0 Å². The molecule has 4 heteroatoms. The zero-order chi connectivity index (χ0) is 14.0. The summed E-state index contributed by atoms with van der Waals surface area (Å²) in [7, 11) is 0. The maximum atomic E-state index is 11.1. The summed E-state index contributed by atoms with van der Waals surface area (Å²) in [4.78, 5) is 11.1. The first-order chi connectivity index (χ1) is 9.63. The monoisotopic (exact) mass is 290 g/mol. The number of rotatable bonds is 5. The van der Waals surface area contributed by atoms with Crippen LogP contribution in [0, 0.1) is 16.7 Å². The number of carboxylic acid groups (broad SMARTS) is 1. The molecule has 1 spiro atoms. The van der Waals surface area contributed by atoms with Gasteiger partial charge in [0.2, 0.25) is 0 Å². The van der Waals surface area contributed by atoms with Crippen LogP contribution in [0.5, 0.6) is 0 Å². The molecule has 0 aliphatic heterocycles. The maximum absolute atomic E-state index is 11.1. The predicted molar refractivity (Wildman–Crippen MR) is 77.4 cm³/mol. The van der Waals surface area contributed by atoms with E-state index >= 15 is 0 Å². The summed E-state index contributed by atoms with van der Waals surface area (Å²) in [5.74, 6) is 0.677. The van der Waals surface area contributed by atoms with Crippen molar-refractivity contribution in [2.75, 3.05) is 0 Å². The van der Waals surface area contributed by atoms with Crippen molar-refractivity contribution in [1.82, 2.24) is 0 Å². The number of aliphatic carboxylic acids is 1. The Morgan fingerprint density at radius 3 is 2.75 bits per heavy atom. The third kappa shape index (κ3) is 1.39. The Balaban J connectivity index is 1.43. The van der Waals surface area contributed by atoms with Crippen LogP contribution in [-0.2, 0) is 10.5 Å². The van der Waals surface area contributed by atoms with Gasteiger partial charge in [0.1, 0.15) is 0 Å². The van der Waals surface area contributed by atoms with Gasteiger partial charge in [0.05, 0.1) is 12.5 Å². The van der Waals surface area contributed by atoms with E-state index in [4.69, 9.17) is 5.11 Å². The summed E-state index contributed by atoms with van der Waals surface area (Å²) in [6.45, 7) is 0. The van der Waals surface area contributed by atoms with Crippen LogP contribution in [0.1, 0.15) is 24.8 Å². The molecule has 3 aliphatic carbocycles. The molecule has 3 nitrogen and oxygen atoms in total. The van der Waals surface area contributed by atoms with Crippen molar-refractivity contribution >= 4 is 17.7 Å². The van der Waals surface area contributed by atoms with Crippen molar-refractivity contribution in [2.45, 2.75) is 36.4 Å². The van der Waals surface area contributed by atoms with Gasteiger partial charge in [0.15, 0.2) is 0 Å². The van der Waals surface area contributed by atoms with Gasteiger partial charge in [-0.3, -0.25) is 4.79 Å². The molecule has 4 rings (SSSR count). The van der Waals surface area contributed by atoms with E-state index in [9.17, 15) is 9.90 Å². The molecular formula is C16H18O3S. The number of aliphatic hydroxyl groups is 1. The number of aliphatic hydroxyl groups excluding tert-OH is 1. The summed E-state index contributed by atoms with van der Waals surface area (Å²) in [6.07, 6.45) is 1.56. The molecule has 3 fully saturated rings. The lowest BCUT2D eigenvalue weighted by Crippen LogP contribution is -2.33. The highest BCUT2D eigenvalue weighted by Crippen LogP contribution is 2.97. The molecule has 0 saturated heterocycles. The summed E-state index contributed by atoms with van der Waals surface area (Å²) in [5.41, 5.74) is 1.21. The first-order valence-corrected chi connectivity index (χ1v) is 8.23. The number of thioether (sulfide) groups is 1. The van der Waals surface area contributed by atoms with E-state index in [1.165, 1.54) is 5.56 Å². The standard InChI is InChI=1S/C16H18O3S/c17-11-6-7-15-13(16(11,15)8-12(18)19)14(15)20-9-10-4-2-1-3-5-10/h1-5,11,13-14,17H,6-9H2,(H,18,19)/t11-,13?,14?,15+,16-/m1/s1. The molecule has 2 N–H and O–H groups in total. The topological polar surface area (TPSA) is 57.5 Å². The van der Waals surface area contributed by atoms with Crippen molar-refractivity contribution in [3.63, 3.8) is 0 Å².